The van der Waals surface area contributed by atoms with Crippen molar-refractivity contribution >= 4 is 39.4 Å². The first-order valence-electron chi connectivity index (χ1n) is 8.20. The van der Waals surface area contributed by atoms with Gasteiger partial charge in [0.1, 0.15) is 5.56 Å². The van der Waals surface area contributed by atoms with Crippen molar-refractivity contribution in [2.24, 2.45) is 10.7 Å². The fraction of sp³-hybridized carbons (Fsp3) is 0.105. The van der Waals surface area contributed by atoms with Gasteiger partial charge in [-0.2, -0.15) is 5.10 Å². The van der Waals surface area contributed by atoms with Crippen LogP contribution in [-0.4, -0.2) is 37.0 Å². The first-order valence-corrected chi connectivity index (χ1v) is 10.5. The number of amides is 1. The molecule has 7 nitrogen and oxygen atoms in total. The predicted molar refractivity (Wildman–Crippen MR) is 108 cm³/mol. The summed E-state index contributed by atoms with van der Waals surface area (Å²) < 4.78 is 23.0. The average Bonchev–Trinajstić information content (AvgIpc) is 3.02. The second-order valence-electron chi connectivity index (χ2n) is 6.17. The molecule has 0 spiro atoms. The lowest BCUT2D eigenvalue weighted by Gasteiger charge is -2.02. The van der Waals surface area contributed by atoms with Crippen LogP contribution in [0.1, 0.15) is 27.2 Å². The number of nitrogens with two attached hydrogens (primary N) is 1. The van der Waals surface area contributed by atoms with E-state index in [0.717, 1.165) is 11.8 Å². The van der Waals surface area contributed by atoms with Crippen LogP contribution in [0.3, 0.4) is 0 Å². The number of hydrogen-bond acceptors (Lipinski definition) is 5. The Hall–Kier alpha value is -2.97. The van der Waals surface area contributed by atoms with Crippen LogP contribution in [-0.2, 0) is 16.3 Å². The summed E-state index contributed by atoms with van der Waals surface area (Å²) in [5, 5.41) is 7.47. The number of halogens is 1. The van der Waals surface area contributed by atoms with Crippen molar-refractivity contribution in [2.75, 3.05) is 6.26 Å². The molecule has 9 heteroatoms. The molecule has 144 valence electrons. The molecule has 0 fully saturated rings. The summed E-state index contributed by atoms with van der Waals surface area (Å²) in [4.78, 5) is 16.4. The first-order chi connectivity index (χ1) is 13.2. The zero-order valence-corrected chi connectivity index (χ0v) is 16.5. The van der Waals surface area contributed by atoms with Crippen molar-refractivity contribution in [3.8, 4) is 0 Å². The van der Waals surface area contributed by atoms with E-state index in [1.165, 1.54) is 18.3 Å². The molecule has 0 radical (unpaired) electrons. The Morgan fingerprint density at radius 3 is 2.57 bits per heavy atom. The van der Waals surface area contributed by atoms with Crippen LogP contribution >= 0.6 is 11.6 Å². The van der Waals surface area contributed by atoms with Gasteiger partial charge in [0.15, 0.2) is 15.7 Å². The van der Waals surface area contributed by atoms with Crippen LogP contribution in [0.2, 0.25) is 5.02 Å². The largest absolute Gasteiger partial charge is 0.365 e. The van der Waals surface area contributed by atoms with Crippen LogP contribution in [0.5, 0.6) is 0 Å². The van der Waals surface area contributed by atoms with Gasteiger partial charge in [0.25, 0.3) is 5.91 Å². The van der Waals surface area contributed by atoms with Crippen LogP contribution in [0, 0.1) is 0 Å². The second kappa shape index (κ2) is 7.95. The van der Waals surface area contributed by atoms with E-state index in [1.807, 2.05) is 12.1 Å². The van der Waals surface area contributed by atoms with Crippen molar-refractivity contribution in [3.05, 3.63) is 75.9 Å². The molecule has 28 heavy (non-hydrogen) atoms. The van der Waals surface area contributed by atoms with E-state index in [0.29, 0.717) is 22.7 Å². The van der Waals surface area contributed by atoms with E-state index in [1.54, 1.807) is 24.3 Å². The third-order valence-electron chi connectivity index (χ3n) is 3.98. The Morgan fingerprint density at radius 1 is 1.25 bits per heavy atom. The number of benzene rings is 2. The van der Waals surface area contributed by atoms with E-state index in [2.05, 4.69) is 15.2 Å². The zero-order valence-electron chi connectivity index (χ0n) is 14.9. The second-order valence-corrected chi connectivity index (χ2v) is 8.62. The quantitative estimate of drug-likeness (QED) is 0.600. The molecule has 0 aliphatic rings. The average molecular weight is 417 g/mol. The Kier molecular flexibility index (Phi) is 5.62. The van der Waals surface area contributed by atoms with Crippen LogP contribution in [0.15, 0.2) is 58.4 Å². The van der Waals surface area contributed by atoms with Gasteiger partial charge in [-0.15, -0.1) is 0 Å². The molecule has 3 N–H and O–H groups in total. The molecule has 1 amide bonds. The highest BCUT2D eigenvalue weighted by Gasteiger charge is 2.18. The summed E-state index contributed by atoms with van der Waals surface area (Å²) in [5.74, 6) is -0.484. The maximum atomic E-state index is 11.9. The lowest BCUT2D eigenvalue weighted by Crippen LogP contribution is -2.13. The topological polar surface area (TPSA) is 118 Å². The van der Waals surface area contributed by atoms with Gasteiger partial charge in [0.2, 0.25) is 0 Å². The summed E-state index contributed by atoms with van der Waals surface area (Å²) in [5.41, 5.74) is 7.80. The zero-order chi connectivity index (χ0) is 20.3. The van der Waals surface area contributed by atoms with Gasteiger partial charge in [0, 0.05) is 23.9 Å². The summed E-state index contributed by atoms with van der Waals surface area (Å²) >= 11 is 6.00. The van der Waals surface area contributed by atoms with Gasteiger partial charge >= 0.3 is 0 Å². The van der Waals surface area contributed by atoms with E-state index >= 15 is 0 Å². The van der Waals surface area contributed by atoms with Gasteiger partial charge in [-0.05, 0) is 35.4 Å². The molecule has 3 rings (SSSR count). The van der Waals surface area contributed by atoms with Crippen molar-refractivity contribution in [1.82, 2.24) is 10.2 Å². The molecular formula is C19H17ClN4O3S. The predicted octanol–water partition coefficient (Wildman–Crippen LogP) is 2.91. The Balaban J connectivity index is 1.87. The normalized spacial score (nSPS) is 11.8. The number of rotatable bonds is 6. The van der Waals surface area contributed by atoms with Crippen molar-refractivity contribution in [3.63, 3.8) is 0 Å². The van der Waals surface area contributed by atoms with Crippen molar-refractivity contribution in [1.29, 1.82) is 0 Å². The number of primary amides is 1. The minimum Gasteiger partial charge on any atom is -0.365 e. The number of H-pyrrole nitrogens is 1. The van der Waals surface area contributed by atoms with Gasteiger partial charge in [0.05, 0.1) is 10.6 Å². The Morgan fingerprint density at radius 2 is 1.96 bits per heavy atom. The lowest BCUT2D eigenvalue weighted by atomic mass is 10.1. The number of nitrogens with zero attached hydrogens (tertiary/aromatic N) is 2. The number of aromatic nitrogens is 2. The molecule has 0 atom stereocenters. The number of hydrogen-bond donors (Lipinski definition) is 2. The third-order valence-corrected chi connectivity index (χ3v) is 5.35. The molecule has 0 saturated carbocycles. The molecular weight excluding hydrogens is 400 g/mol. The SMILES string of the molecule is CS(=O)(=O)c1ccc(C=Nc2n[nH]c(Cc3cccc(Cl)c3)c2C(N)=O)cc1. The van der Waals surface area contributed by atoms with Crippen molar-refractivity contribution in [2.45, 2.75) is 11.3 Å². The summed E-state index contributed by atoms with van der Waals surface area (Å²) in [6, 6.07) is 13.5. The number of aromatic amines is 1. The van der Waals surface area contributed by atoms with E-state index in [-0.39, 0.29) is 16.3 Å². The third kappa shape index (κ3) is 4.65. The fourth-order valence-electron chi connectivity index (χ4n) is 2.64. The maximum Gasteiger partial charge on any atom is 0.254 e. The number of carbonyl (C=O) groups excluding carboxylic acids is 1. The number of carbonyl (C=O) groups is 1. The van der Waals surface area contributed by atoms with E-state index in [9.17, 15) is 13.2 Å². The van der Waals surface area contributed by atoms with Crippen LogP contribution in [0.25, 0.3) is 0 Å². The minimum atomic E-state index is -3.27. The molecule has 0 aliphatic carbocycles. The van der Waals surface area contributed by atoms with Gasteiger partial charge in [-0.1, -0.05) is 35.9 Å². The highest BCUT2D eigenvalue weighted by Crippen LogP contribution is 2.23. The summed E-state index contributed by atoms with van der Waals surface area (Å²) in [6.07, 6.45) is 3.02. The standard InChI is InChI=1S/C19H17ClN4O3S/c1-28(26,27)15-7-5-12(6-8-15)11-22-19-17(18(21)25)16(23-24-19)10-13-3-2-4-14(20)9-13/h2-9,11H,10H2,1H3,(H2,21,25)(H,23,24). The lowest BCUT2D eigenvalue weighted by molar-refractivity contribution is 0.1000. The molecule has 1 aromatic heterocycles. The highest BCUT2D eigenvalue weighted by atomic mass is 35.5. The minimum absolute atomic E-state index is 0.164. The maximum absolute atomic E-state index is 11.9. The van der Waals surface area contributed by atoms with E-state index < -0.39 is 15.7 Å². The van der Waals surface area contributed by atoms with Gasteiger partial charge in [-0.3, -0.25) is 9.89 Å². The highest BCUT2D eigenvalue weighted by molar-refractivity contribution is 7.90. The number of sulfone groups is 1. The van der Waals surface area contributed by atoms with Crippen LogP contribution < -0.4 is 5.73 Å². The molecule has 0 saturated heterocycles. The van der Waals surface area contributed by atoms with Crippen LogP contribution in [0.4, 0.5) is 5.82 Å². The Labute approximate surface area is 167 Å². The molecule has 0 unspecified atom stereocenters. The molecule has 1 heterocycles. The molecule has 3 aromatic rings. The number of nitrogens with one attached hydrogen (secondary N) is 1. The first kappa shape index (κ1) is 19.8. The molecule has 0 bridgehead atoms. The summed E-state index contributed by atoms with van der Waals surface area (Å²) in [7, 11) is -3.27. The monoisotopic (exact) mass is 416 g/mol. The molecule has 0 aliphatic heterocycles. The molecule has 2 aromatic carbocycles. The smallest absolute Gasteiger partial charge is 0.254 e. The summed E-state index contributed by atoms with van der Waals surface area (Å²) in [6.45, 7) is 0. The van der Waals surface area contributed by atoms with Gasteiger partial charge in [-0.25, -0.2) is 13.4 Å². The Bertz CT molecular complexity index is 1150. The number of aliphatic imine (C=N–C) groups is 1. The van der Waals surface area contributed by atoms with Crippen molar-refractivity contribution < 1.29 is 13.2 Å². The van der Waals surface area contributed by atoms with E-state index in [4.69, 9.17) is 17.3 Å². The van der Waals surface area contributed by atoms with Gasteiger partial charge < -0.3 is 5.73 Å². The fourth-order valence-corrected chi connectivity index (χ4v) is 3.48.